The first-order valence-electron chi connectivity index (χ1n) is 6.57. The van der Waals surface area contributed by atoms with Crippen LogP contribution in [0.4, 0.5) is 5.69 Å². The van der Waals surface area contributed by atoms with Crippen LogP contribution >= 0.6 is 0 Å². The van der Waals surface area contributed by atoms with E-state index in [1.165, 1.54) is 0 Å². The van der Waals surface area contributed by atoms with E-state index in [0.29, 0.717) is 17.4 Å². The standard InChI is InChI=1S/C16H12N4O/c17-13-9-11-5-2-1-4-10(11)8-12(13)16-19-15(20-21-16)14-6-3-7-18-14/h1-9,18H,17H2. The number of aromatic amines is 1. The minimum absolute atomic E-state index is 0.419. The molecule has 2 aromatic carbocycles. The molecule has 3 N–H and O–H groups in total. The molecule has 0 fully saturated rings. The van der Waals surface area contributed by atoms with Crippen LogP contribution in [0.2, 0.25) is 0 Å². The van der Waals surface area contributed by atoms with E-state index in [4.69, 9.17) is 10.3 Å². The van der Waals surface area contributed by atoms with Crippen LogP contribution in [0.5, 0.6) is 0 Å². The summed E-state index contributed by atoms with van der Waals surface area (Å²) in [6.45, 7) is 0. The van der Waals surface area contributed by atoms with Gasteiger partial charge in [0, 0.05) is 11.9 Å². The first-order chi connectivity index (χ1) is 10.3. The predicted molar refractivity (Wildman–Crippen MR) is 81.4 cm³/mol. The molecule has 4 aromatic rings. The van der Waals surface area contributed by atoms with Gasteiger partial charge < -0.3 is 15.2 Å². The van der Waals surface area contributed by atoms with Crippen molar-refractivity contribution in [2.45, 2.75) is 0 Å². The summed E-state index contributed by atoms with van der Waals surface area (Å²) >= 11 is 0. The van der Waals surface area contributed by atoms with E-state index in [1.54, 1.807) is 0 Å². The van der Waals surface area contributed by atoms with Gasteiger partial charge in [-0.2, -0.15) is 4.98 Å². The maximum Gasteiger partial charge on any atom is 0.260 e. The van der Waals surface area contributed by atoms with Crippen LogP contribution in [0.15, 0.2) is 59.3 Å². The van der Waals surface area contributed by atoms with Crippen molar-refractivity contribution in [1.29, 1.82) is 0 Å². The summed E-state index contributed by atoms with van der Waals surface area (Å²) in [5.41, 5.74) is 8.29. The van der Waals surface area contributed by atoms with Gasteiger partial charge in [0.25, 0.3) is 5.89 Å². The zero-order valence-electron chi connectivity index (χ0n) is 11.1. The number of benzene rings is 2. The van der Waals surface area contributed by atoms with Crippen molar-refractivity contribution in [1.82, 2.24) is 15.1 Å². The maximum atomic E-state index is 6.11. The number of hydrogen-bond donors (Lipinski definition) is 2. The normalized spacial score (nSPS) is 11.0. The lowest BCUT2D eigenvalue weighted by Gasteiger charge is -2.03. The van der Waals surface area contributed by atoms with Crippen molar-refractivity contribution in [2.75, 3.05) is 5.73 Å². The van der Waals surface area contributed by atoms with Gasteiger partial charge in [-0.25, -0.2) is 0 Å². The molecule has 2 aromatic heterocycles. The second kappa shape index (κ2) is 4.49. The van der Waals surface area contributed by atoms with E-state index in [9.17, 15) is 0 Å². The molecule has 0 amide bonds. The average Bonchev–Trinajstić information content (AvgIpc) is 3.17. The highest BCUT2D eigenvalue weighted by Crippen LogP contribution is 2.30. The number of hydrogen-bond acceptors (Lipinski definition) is 4. The van der Waals surface area contributed by atoms with Crippen LogP contribution in [-0.4, -0.2) is 15.1 Å². The highest BCUT2D eigenvalue weighted by molar-refractivity contribution is 5.92. The molecule has 21 heavy (non-hydrogen) atoms. The Labute approximate surface area is 120 Å². The summed E-state index contributed by atoms with van der Waals surface area (Å²) < 4.78 is 5.34. The van der Waals surface area contributed by atoms with Crippen LogP contribution < -0.4 is 5.73 Å². The zero-order valence-corrected chi connectivity index (χ0v) is 11.1. The lowest BCUT2D eigenvalue weighted by Crippen LogP contribution is -1.91. The summed E-state index contributed by atoms with van der Waals surface area (Å²) in [5, 5.41) is 6.15. The molecule has 5 nitrogen and oxygen atoms in total. The Morgan fingerprint density at radius 3 is 2.57 bits per heavy atom. The number of nitrogens with two attached hydrogens (primary N) is 1. The van der Waals surface area contributed by atoms with Crippen molar-refractivity contribution in [3.05, 3.63) is 54.7 Å². The van der Waals surface area contributed by atoms with Crippen LogP contribution in [0, 0.1) is 0 Å². The van der Waals surface area contributed by atoms with Gasteiger partial charge in [-0.05, 0) is 35.0 Å². The molecule has 4 rings (SSSR count). The van der Waals surface area contributed by atoms with Gasteiger partial charge in [0.15, 0.2) is 0 Å². The smallest absolute Gasteiger partial charge is 0.260 e. The van der Waals surface area contributed by atoms with Gasteiger partial charge >= 0.3 is 0 Å². The highest BCUT2D eigenvalue weighted by Gasteiger charge is 2.14. The van der Waals surface area contributed by atoms with Crippen molar-refractivity contribution < 1.29 is 4.52 Å². The number of anilines is 1. The monoisotopic (exact) mass is 276 g/mol. The second-order valence-electron chi connectivity index (χ2n) is 4.79. The predicted octanol–water partition coefficient (Wildman–Crippen LogP) is 3.47. The number of fused-ring (bicyclic) bond motifs is 1. The van der Waals surface area contributed by atoms with Crippen LogP contribution in [0.3, 0.4) is 0 Å². The molecule has 0 aliphatic rings. The Hall–Kier alpha value is -3.08. The van der Waals surface area contributed by atoms with E-state index >= 15 is 0 Å². The van der Waals surface area contributed by atoms with Gasteiger partial charge in [0.05, 0.1) is 11.3 Å². The van der Waals surface area contributed by atoms with Crippen molar-refractivity contribution in [3.63, 3.8) is 0 Å². The molecular weight excluding hydrogens is 264 g/mol. The third-order valence-electron chi connectivity index (χ3n) is 3.41. The quantitative estimate of drug-likeness (QED) is 0.549. The Kier molecular flexibility index (Phi) is 2.50. The van der Waals surface area contributed by atoms with E-state index in [1.807, 2.05) is 54.7 Å². The molecule has 0 aliphatic carbocycles. The molecule has 5 heteroatoms. The Morgan fingerprint density at radius 2 is 1.81 bits per heavy atom. The van der Waals surface area contributed by atoms with E-state index in [-0.39, 0.29) is 0 Å². The summed E-state index contributed by atoms with van der Waals surface area (Å²) in [7, 11) is 0. The lowest BCUT2D eigenvalue weighted by molar-refractivity contribution is 0.432. The molecule has 0 unspecified atom stereocenters. The number of H-pyrrole nitrogens is 1. The van der Waals surface area contributed by atoms with Crippen molar-refractivity contribution in [3.8, 4) is 23.0 Å². The fourth-order valence-corrected chi connectivity index (χ4v) is 2.35. The first kappa shape index (κ1) is 11.7. The Bertz CT molecular complexity index is 909. The van der Waals surface area contributed by atoms with Gasteiger partial charge in [-0.1, -0.05) is 29.4 Å². The molecule has 0 spiro atoms. The lowest BCUT2D eigenvalue weighted by atomic mass is 10.1. The first-order valence-corrected chi connectivity index (χ1v) is 6.57. The van der Waals surface area contributed by atoms with Gasteiger partial charge in [-0.15, -0.1) is 0 Å². The van der Waals surface area contributed by atoms with E-state index in [2.05, 4.69) is 15.1 Å². The fourth-order valence-electron chi connectivity index (χ4n) is 2.35. The number of rotatable bonds is 2. The number of nitrogens with zero attached hydrogens (tertiary/aromatic N) is 2. The van der Waals surface area contributed by atoms with Crippen LogP contribution in [0.1, 0.15) is 0 Å². The molecular formula is C16H12N4O. The van der Waals surface area contributed by atoms with Gasteiger partial charge in [0.2, 0.25) is 5.82 Å². The number of aromatic nitrogens is 3. The molecule has 0 aliphatic heterocycles. The molecule has 0 saturated carbocycles. The molecule has 0 saturated heterocycles. The van der Waals surface area contributed by atoms with Crippen LogP contribution in [0.25, 0.3) is 33.7 Å². The number of nitrogens with one attached hydrogen (secondary N) is 1. The van der Waals surface area contributed by atoms with E-state index in [0.717, 1.165) is 22.0 Å². The third kappa shape index (κ3) is 1.95. The minimum atomic E-state index is 0.419. The largest absolute Gasteiger partial charge is 0.398 e. The topological polar surface area (TPSA) is 80.7 Å². The van der Waals surface area contributed by atoms with Gasteiger partial charge in [-0.3, -0.25) is 0 Å². The van der Waals surface area contributed by atoms with E-state index < -0.39 is 0 Å². The fraction of sp³-hybridized carbons (Fsp3) is 0. The zero-order chi connectivity index (χ0) is 14.2. The second-order valence-corrected chi connectivity index (χ2v) is 4.79. The van der Waals surface area contributed by atoms with Gasteiger partial charge in [0.1, 0.15) is 0 Å². The summed E-state index contributed by atoms with van der Waals surface area (Å²) in [6.07, 6.45) is 1.82. The molecule has 2 heterocycles. The van der Waals surface area contributed by atoms with Crippen LogP contribution in [-0.2, 0) is 0 Å². The van der Waals surface area contributed by atoms with Crippen molar-refractivity contribution in [2.24, 2.45) is 0 Å². The molecule has 102 valence electrons. The molecule has 0 bridgehead atoms. The minimum Gasteiger partial charge on any atom is -0.398 e. The van der Waals surface area contributed by atoms with Crippen molar-refractivity contribution >= 4 is 16.5 Å². The SMILES string of the molecule is Nc1cc2ccccc2cc1-c1nc(-c2ccc[nH]2)no1. The Morgan fingerprint density at radius 1 is 1.00 bits per heavy atom. The number of nitrogen functional groups attached to an aromatic ring is 1. The molecule has 0 radical (unpaired) electrons. The highest BCUT2D eigenvalue weighted by atomic mass is 16.5. The maximum absolute atomic E-state index is 6.11. The third-order valence-corrected chi connectivity index (χ3v) is 3.41. The Balaban J connectivity index is 1.85. The summed E-state index contributed by atoms with van der Waals surface area (Å²) in [6, 6.07) is 15.7. The molecule has 0 atom stereocenters. The summed E-state index contributed by atoms with van der Waals surface area (Å²) in [5.74, 6) is 0.936. The average molecular weight is 276 g/mol. The summed E-state index contributed by atoms with van der Waals surface area (Å²) in [4.78, 5) is 7.45.